The molecule has 106 valence electrons. The van der Waals surface area contributed by atoms with Gasteiger partial charge in [-0.3, -0.25) is 13.9 Å². The number of aryl methyl sites for hydroxylation is 1. The molecule has 20 heavy (non-hydrogen) atoms. The molecule has 5 nitrogen and oxygen atoms in total. The molecule has 2 N–H and O–H groups in total. The molecule has 5 heteroatoms. The van der Waals surface area contributed by atoms with Gasteiger partial charge in [0.25, 0.3) is 5.56 Å². The van der Waals surface area contributed by atoms with Crippen LogP contribution in [0.4, 0.5) is 5.69 Å². The first-order valence-electron chi connectivity index (χ1n) is 6.67. The number of benzene rings is 1. The Morgan fingerprint density at radius 1 is 1.15 bits per heavy atom. The minimum Gasteiger partial charge on any atom is -0.399 e. The summed E-state index contributed by atoms with van der Waals surface area (Å²) in [6, 6.07) is 8.94. The fourth-order valence-electron chi connectivity index (χ4n) is 2.15. The van der Waals surface area contributed by atoms with E-state index in [9.17, 15) is 9.59 Å². The summed E-state index contributed by atoms with van der Waals surface area (Å²) >= 11 is 0. The van der Waals surface area contributed by atoms with Crippen LogP contribution in [0.2, 0.25) is 0 Å². The number of nitrogens with two attached hydrogens (primary N) is 1. The number of aromatic nitrogens is 2. The van der Waals surface area contributed by atoms with Crippen LogP contribution in [-0.2, 0) is 20.0 Å². The molecule has 2 rings (SSSR count). The molecule has 1 aromatic heterocycles. The SMILES string of the molecule is CCCc1cc(=O)n(C)c(=O)n1Cc1ccc(N)cc1. The van der Waals surface area contributed by atoms with Crippen molar-refractivity contribution >= 4 is 5.69 Å². The lowest BCUT2D eigenvalue weighted by Gasteiger charge is -2.13. The van der Waals surface area contributed by atoms with Gasteiger partial charge in [-0.15, -0.1) is 0 Å². The monoisotopic (exact) mass is 273 g/mol. The number of rotatable bonds is 4. The fraction of sp³-hybridized carbons (Fsp3) is 0.333. The second-order valence-corrected chi connectivity index (χ2v) is 4.89. The van der Waals surface area contributed by atoms with E-state index in [1.165, 1.54) is 7.05 Å². The quantitative estimate of drug-likeness (QED) is 0.849. The molecule has 0 aliphatic rings. The van der Waals surface area contributed by atoms with Crippen molar-refractivity contribution in [3.8, 4) is 0 Å². The van der Waals surface area contributed by atoms with Gasteiger partial charge in [0.15, 0.2) is 0 Å². The Hall–Kier alpha value is -2.30. The Balaban J connectivity index is 2.49. The van der Waals surface area contributed by atoms with Crippen molar-refractivity contribution in [2.75, 3.05) is 5.73 Å². The number of nitrogens with zero attached hydrogens (tertiary/aromatic N) is 2. The van der Waals surface area contributed by atoms with Crippen LogP contribution in [0.5, 0.6) is 0 Å². The summed E-state index contributed by atoms with van der Waals surface area (Å²) in [6.45, 7) is 2.47. The summed E-state index contributed by atoms with van der Waals surface area (Å²) in [4.78, 5) is 24.0. The zero-order valence-electron chi connectivity index (χ0n) is 11.8. The first-order valence-corrected chi connectivity index (χ1v) is 6.67. The van der Waals surface area contributed by atoms with Crippen LogP contribution in [0.15, 0.2) is 39.9 Å². The highest BCUT2D eigenvalue weighted by atomic mass is 16.2. The van der Waals surface area contributed by atoms with Gasteiger partial charge in [-0.25, -0.2) is 4.79 Å². The third-order valence-corrected chi connectivity index (χ3v) is 3.31. The maximum atomic E-state index is 12.3. The third kappa shape index (κ3) is 2.82. The molecule has 0 radical (unpaired) electrons. The number of anilines is 1. The first-order chi connectivity index (χ1) is 9.52. The largest absolute Gasteiger partial charge is 0.399 e. The van der Waals surface area contributed by atoms with Crippen LogP contribution in [0, 0.1) is 0 Å². The van der Waals surface area contributed by atoms with Gasteiger partial charge in [0.1, 0.15) is 0 Å². The van der Waals surface area contributed by atoms with Crippen molar-refractivity contribution in [2.24, 2.45) is 7.05 Å². The van der Waals surface area contributed by atoms with Crippen molar-refractivity contribution in [2.45, 2.75) is 26.3 Å². The summed E-state index contributed by atoms with van der Waals surface area (Å²) in [5.74, 6) is 0. The third-order valence-electron chi connectivity index (χ3n) is 3.31. The summed E-state index contributed by atoms with van der Waals surface area (Å²) in [5, 5.41) is 0. The molecular weight excluding hydrogens is 254 g/mol. The average molecular weight is 273 g/mol. The molecule has 1 heterocycles. The molecule has 0 aliphatic heterocycles. The van der Waals surface area contributed by atoms with E-state index in [-0.39, 0.29) is 11.2 Å². The normalized spacial score (nSPS) is 10.7. The topological polar surface area (TPSA) is 70.0 Å². The maximum Gasteiger partial charge on any atom is 0.331 e. The summed E-state index contributed by atoms with van der Waals surface area (Å²) in [7, 11) is 1.50. The molecule has 0 amide bonds. The number of hydrogen-bond donors (Lipinski definition) is 1. The van der Waals surface area contributed by atoms with E-state index < -0.39 is 0 Å². The van der Waals surface area contributed by atoms with E-state index >= 15 is 0 Å². The minimum absolute atomic E-state index is 0.257. The van der Waals surface area contributed by atoms with E-state index in [1.807, 2.05) is 31.2 Å². The lowest BCUT2D eigenvalue weighted by molar-refractivity contribution is 0.606. The first kappa shape index (κ1) is 14.1. The zero-order chi connectivity index (χ0) is 14.7. The minimum atomic E-state index is -0.280. The van der Waals surface area contributed by atoms with E-state index in [2.05, 4.69) is 0 Å². The fourth-order valence-corrected chi connectivity index (χ4v) is 2.15. The molecule has 0 saturated heterocycles. The summed E-state index contributed by atoms with van der Waals surface area (Å²) in [5.41, 5.74) is 7.57. The van der Waals surface area contributed by atoms with E-state index in [0.717, 1.165) is 22.2 Å². The Kier molecular flexibility index (Phi) is 4.08. The van der Waals surface area contributed by atoms with Crippen molar-refractivity contribution < 1.29 is 0 Å². The molecule has 0 atom stereocenters. The highest BCUT2D eigenvalue weighted by Crippen LogP contribution is 2.08. The van der Waals surface area contributed by atoms with E-state index in [0.29, 0.717) is 18.7 Å². The Labute approximate surface area is 117 Å². The Morgan fingerprint density at radius 2 is 1.80 bits per heavy atom. The van der Waals surface area contributed by atoms with E-state index in [4.69, 9.17) is 5.73 Å². The predicted molar refractivity (Wildman–Crippen MR) is 79.9 cm³/mol. The summed E-state index contributed by atoms with van der Waals surface area (Å²) in [6.07, 6.45) is 1.59. The Morgan fingerprint density at radius 3 is 2.40 bits per heavy atom. The highest BCUT2D eigenvalue weighted by Gasteiger charge is 2.09. The summed E-state index contributed by atoms with van der Waals surface area (Å²) < 4.78 is 2.78. The standard InChI is InChI=1S/C15H19N3O2/c1-3-4-13-9-14(19)17(2)15(20)18(13)10-11-5-7-12(16)8-6-11/h5-9H,3-4,10,16H2,1-2H3. The lowest BCUT2D eigenvalue weighted by Crippen LogP contribution is -2.39. The van der Waals surface area contributed by atoms with Gasteiger partial charge in [0.2, 0.25) is 0 Å². The van der Waals surface area contributed by atoms with E-state index in [1.54, 1.807) is 10.6 Å². The van der Waals surface area contributed by atoms with Gasteiger partial charge in [0, 0.05) is 24.5 Å². The van der Waals surface area contributed by atoms with Crippen LogP contribution >= 0.6 is 0 Å². The average Bonchev–Trinajstić information content (AvgIpc) is 2.43. The molecule has 0 bridgehead atoms. The van der Waals surface area contributed by atoms with Gasteiger partial charge >= 0.3 is 5.69 Å². The van der Waals surface area contributed by atoms with Crippen molar-refractivity contribution in [3.05, 3.63) is 62.4 Å². The van der Waals surface area contributed by atoms with Gasteiger partial charge in [-0.1, -0.05) is 25.5 Å². The van der Waals surface area contributed by atoms with Gasteiger partial charge in [-0.05, 0) is 24.1 Å². The van der Waals surface area contributed by atoms with Crippen molar-refractivity contribution in [1.29, 1.82) is 0 Å². The zero-order valence-corrected chi connectivity index (χ0v) is 11.8. The Bertz CT molecular complexity index is 711. The number of hydrogen-bond acceptors (Lipinski definition) is 3. The highest BCUT2D eigenvalue weighted by molar-refractivity contribution is 5.39. The number of nitrogen functional groups attached to an aromatic ring is 1. The molecule has 0 saturated carbocycles. The van der Waals surface area contributed by atoms with Crippen molar-refractivity contribution in [1.82, 2.24) is 9.13 Å². The van der Waals surface area contributed by atoms with Gasteiger partial charge in [0.05, 0.1) is 6.54 Å². The molecule has 0 fully saturated rings. The van der Waals surface area contributed by atoms with Crippen LogP contribution in [-0.4, -0.2) is 9.13 Å². The van der Waals surface area contributed by atoms with Crippen LogP contribution in [0.25, 0.3) is 0 Å². The lowest BCUT2D eigenvalue weighted by atomic mass is 10.2. The molecule has 1 aromatic carbocycles. The van der Waals surface area contributed by atoms with Crippen LogP contribution in [0.1, 0.15) is 24.6 Å². The smallest absolute Gasteiger partial charge is 0.331 e. The van der Waals surface area contributed by atoms with Crippen molar-refractivity contribution in [3.63, 3.8) is 0 Å². The van der Waals surface area contributed by atoms with Gasteiger partial charge < -0.3 is 5.73 Å². The molecular formula is C15H19N3O2. The second kappa shape index (κ2) is 5.77. The van der Waals surface area contributed by atoms with Gasteiger partial charge in [-0.2, -0.15) is 0 Å². The second-order valence-electron chi connectivity index (χ2n) is 4.89. The van der Waals surface area contributed by atoms with Crippen LogP contribution < -0.4 is 17.0 Å². The molecule has 0 unspecified atom stereocenters. The maximum absolute atomic E-state index is 12.3. The molecule has 0 aliphatic carbocycles. The molecule has 2 aromatic rings. The molecule has 0 spiro atoms. The van der Waals surface area contributed by atoms with Crippen LogP contribution in [0.3, 0.4) is 0 Å². The predicted octanol–water partition coefficient (Wildman–Crippen LogP) is 1.13.